The van der Waals surface area contributed by atoms with Crippen molar-refractivity contribution in [2.75, 3.05) is 36.1 Å². The second-order valence-corrected chi connectivity index (χ2v) is 11.3. The van der Waals surface area contributed by atoms with E-state index in [1.54, 1.807) is 31.2 Å². The van der Waals surface area contributed by atoms with Gasteiger partial charge in [0.2, 0.25) is 11.8 Å². The molecule has 0 radical (unpaired) electrons. The fourth-order valence-electron chi connectivity index (χ4n) is 6.05. The number of aryl methyl sites for hydroxylation is 2. The van der Waals surface area contributed by atoms with Crippen molar-refractivity contribution in [2.45, 2.75) is 75.5 Å². The monoisotopic (exact) mass is 586 g/mol. The number of hydrogen-bond acceptors (Lipinski definition) is 10. The summed E-state index contributed by atoms with van der Waals surface area (Å²) in [4.78, 5) is 29.3. The van der Waals surface area contributed by atoms with Gasteiger partial charge in [-0.15, -0.1) is 0 Å². The number of aliphatic hydroxyl groups excluding tert-OH is 6. The summed E-state index contributed by atoms with van der Waals surface area (Å²) in [6.07, 6.45) is -6.99. The fourth-order valence-corrected chi connectivity index (χ4v) is 6.05. The molecule has 3 fully saturated rings. The minimum absolute atomic E-state index is 0.163. The van der Waals surface area contributed by atoms with Gasteiger partial charge in [-0.05, 0) is 73.2 Å². The second-order valence-electron chi connectivity index (χ2n) is 11.3. The summed E-state index contributed by atoms with van der Waals surface area (Å²) in [6.45, 7) is 2.48. The summed E-state index contributed by atoms with van der Waals surface area (Å²) in [6, 6.07) is 10.4. The van der Waals surface area contributed by atoms with Gasteiger partial charge in [0.15, 0.2) is 0 Å². The summed E-state index contributed by atoms with van der Waals surface area (Å²) in [5.41, 5.74) is 3.99. The van der Waals surface area contributed by atoms with E-state index in [0.717, 1.165) is 11.1 Å². The highest BCUT2D eigenvalue weighted by molar-refractivity contribution is 6.12. The van der Waals surface area contributed by atoms with Crippen molar-refractivity contribution in [1.29, 1.82) is 0 Å². The van der Waals surface area contributed by atoms with Crippen LogP contribution < -0.4 is 9.80 Å². The number of carbonyl (C=O) groups excluding carboxylic acids is 2. The molecule has 3 saturated heterocycles. The Morgan fingerprint density at radius 2 is 1.26 bits per heavy atom. The first-order valence-corrected chi connectivity index (χ1v) is 14.1. The molecule has 12 nitrogen and oxygen atoms in total. The molecule has 8 atom stereocenters. The van der Waals surface area contributed by atoms with E-state index in [-0.39, 0.29) is 37.6 Å². The van der Waals surface area contributed by atoms with Crippen LogP contribution in [0, 0.1) is 13.8 Å². The Labute approximate surface area is 243 Å². The first-order chi connectivity index (χ1) is 20.0. The fraction of sp³-hybridized carbons (Fsp3) is 0.533. The highest BCUT2D eigenvalue weighted by atomic mass is 16.5. The highest BCUT2D eigenvalue weighted by Gasteiger charge is 2.44. The molecule has 2 amide bonds. The number of carbonyl (C=O) groups is 2. The maximum atomic E-state index is 13.2. The minimum atomic E-state index is -1.51. The number of anilines is 2. The van der Waals surface area contributed by atoms with E-state index in [1.807, 2.05) is 19.1 Å². The zero-order valence-electron chi connectivity index (χ0n) is 23.5. The average Bonchev–Trinajstić information content (AvgIpc) is 2.97. The van der Waals surface area contributed by atoms with Gasteiger partial charge in [-0.3, -0.25) is 9.59 Å². The number of rotatable bonds is 6. The molecule has 2 aromatic rings. The molecule has 0 bridgehead atoms. The Kier molecular flexibility index (Phi) is 8.97. The zero-order valence-corrected chi connectivity index (χ0v) is 23.5. The van der Waals surface area contributed by atoms with Crippen LogP contribution in [0.4, 0.5) is 11.4 Å². The number of nitrogens with zero attached hydrogens (tertiary/aromatic N) is 2. The molecule has 228 valence electrons. The molecule has 0 aliphatic carbocycles. The lowest BCUT2D eigenvalue weighted by atomic mass is 9.89. The van der Waals surface area contributed by atoms with Gasteiger partial charge in [0, 0.05) is 11.4 Å². The smallest absolute Gasteiger partial charge is 0.247 e. The largest absolute Gasteiger partial charge is 0.394 e. The van der Waals surface area contributed by atoms with Gasteiger partial charge >= 0.3 is 0 Å². The Balaban J connectivity index is 1.29. The lowest BCUT2D eigenvalue weighted by Crippen LogP contribution is -2.55. The van der Waals surface area contributed by atoms with Crippen LogP contribution in [0.15, 0.2) is 36.4 Å². The van der Waals surface area contributed by atoms with Crippen LogP contribution in [-0.2, 0) is 19.1 Å². The van der Waals surface area contributed by atoms with E-state index < -0.39 is 49.3 Å². The van der Waals surface area contributed by atoms with Gasteiger partial charge < -0.3 is 49.9 Å². The number of amides is 2. The van der Waals surface area contributed by atoms with Crippen LogP contribution in [0.1, 0.15) is 47.3 Å². The van der Waals surface area contributed by atoms with E-state index in [4.69, 9.17) is 9.47 Å². The Morgan fingerprint density at radius 1 is 0.714 bits per heavy atom. The third-order valence-corrected chi connectivity index (χ3v) is 8.54. The molecule has 6 N–H and O–H groups in total. The third kappa shape index (κ3) is 5.69. The van der Waals surface area contributed by atoms with Crippen LogP contribution in [-0.4, -0.2) is 105 Å². The first-order valence-electron chi connectivity index (χ1n) is 14.1. The van der Waals surface area contributed by atoms with Crippen LogP contribution in [0.5, 0.6) is 0 Å². The molecule has 0 unspecified atom stereocenters. The molecule has 0 spiro atoms. The molecular formula is C30H38N2O10. The predicted molar refractivity (Wildman–Crippen MR) is 150 cm³/mol. The molecule has 0 aromatic heterocycles. The standard InChI is InChI=1S/C30H38N2O10/c1-15-9-17(3-5-19(15)22-8-7-21(35)23(13-33)41-22)31-11-26(37)32(12-25(31)36)18-4-6-20(16(2)10-18)30-29(40)28(39)27(38)24(14-34)42-30/h3-6,9-10,21-24,27-30,33-35,38-40H,7-8,11-14H2,1-2H3/t21-,22-,23+,24+,27+,28-,29-,30+/m0/s1. The number of piperazine rings is 1. The summed E-state index contributed by atoms with van der Waals surface area (Å²) >= 11 is 0. The molecular weight excluding hydrogens is 548 g/mol. The number of hydrogen-bond donors (Lipinski definition) is 6. The van der Waals surface area contributed by atoms with Crippen LogP contribution in [0.25, 0.3) is 0 Å². The Bertz CT molecular complexity index is 1320. The molecule has 12 heteroatoms. The summed E-state index contributed by atoms with van der Waals surface area (Å²) in [5.74, 6) is -0.554. The van der Waals surface area contributed by atoms with Crippen molar-refractivity contribution >= 4 is 23.2 Å². The van der Waals surface area contributed by atoms with Crippen LogP contribution in [0.3, 0.4) is 0 Å². The van der Waals surface area contributed by atoms with Gasteiger partial charge in [0.05, 0.1) is 25.4 Å². The molecule has 42 heavy (non-hydrogen) atoms. The van der Waals surface area contributed by atoms with Crippen molar-refractivity contribution in [3.63, 3.8) is 0 Å². The van der Waals surface area contributed by atoms with Crippen molar-refractivity contribution in [3.05, 3.63) is 58.7 Å². The Hall–Kier alpha value is -2.94. The van der Waals surface area contributed by atoms with Crippen molar-refractivity contribution < 1.29 is 49.7 Å². The topological polar surface area (TPSA) is 180 Å². The van der Waals surface area contributed by atoms with Crippen LogP contribution in [0.2, 0.25) is 0 Å². The first kappa shape index (κ1) is 30.5. The van der Waals surface area contributed by atoms with Crippen molar-refractivity contribution in [3.8, 4) is 0 Å². The van der Waals surface area contributed by atoms with E-state index >= 15 is 0 Å². The summed E-state index contributed by atoms with van der Waals surface area (Å²) < 4.78 is 11.6. The molecule has 3 aliphatic rings. The Morgan fingerprint density at radius 3 is 1.79 bits per heavy atom. The van der Waals surface area contributed by atoms with Crippen molar-refractivity contribution in [2.24, 2.45) is 0 Å². The molecule has 0 saturated carbocycles. The van der Waals surface area contributed by atoms with E-state index in [9.17, 15) is 40.2 Å². The zero-order chi connectivity index (χ0) is 30.3. The predicted octanol–water partition coefficient (Wildman–Crippen LogP) is -0.229. The SMILES string of the molecule is Cc1cc(N2CC(=O)N(c3ccc([C@H]4O[C@H](CO)[C@@H](O)[C@H](O)[C@@H]4O)c(C)c3)CC2=O)ccc1[C@@H]1CC[C@H](O)[C@@H](CO)O1. The average molecular weight is 587 g/mol. The van der Waals surface area contributed by atoms with Gasteiger partial charge in [0.25, 0.3) is 0 Å². The highest BCUT2D eigenvalue weighted by Crippen LogP contribution is 2.37. The normalized spacial score (nSPS) is 32.4. The third-order valence-electron chi connectivity index (χ3n) is 8.54. The summed E-state index contributed by atoms with van der Waals surface area (Å²) in [7, 11) is 0. The molecule has 3 heterocycles. The van der Waals surface area contributed by atoms with Gasteiger partial charge in [-0.2, -0.15) is 0 Å². The lowest BCUT2D eigenvalue weighted by Gasteiger charge is -2.41. The number of ether oxygens (including phenoxy) is 2. The molecule has 3 aliphatic heterocycles. The quantitative estimate of drug-likeness (QED) is 0.265. The molecule has 5 rings (SSSR count). The lowest BCUT2D eigenvalue weighted by molar-refractivity contribution is -0.231. The number of benzene rings is 2. The maximum absolute atomic E-state index is 13.2. The maximum Gasteiger partial charge on any atom is 0.247 e. The van der Waals surface area contributed by atoms with Gasteiger partial charge in [0.1, 0.15) is 49.7 Å². The second kappa shape index (κ2) is 12.3. The van der Waals surface area contributed by atoms with Crippen molar-refractivity contribution in [1.82, 2.24) is 0 Å². The van der Waals surface area contributed by atoms with Gasteiger partial charge in [-0.25, -0.2) is 0 Å². The van der Waals surface area contributed by atoms with Crippen LogP contribution >= 0.6 is 0 Å². The van der Waals surface area contributed by atoms with E-state index in [0.29, 0.717) is 35.3 Å². The minimum Gasteiger partial charge on any atom is -0.394 e. The number of aliphatic hydroxyl groups is 6. The summed E-state index contributed by atoms with van der Waals surface area (Å²) in [5, 5.41) is 59.8. The van der Waals surface area contributed by atoms with E-state index in [1.165, 1.54) is 9.80 Å². The van der Waals surface area contributed by atoms with E-state index in [2.05, 4.69) is 0 Å². The van der Waals surface area contributed by atoms with Gasteiger partial charge in [-0.1, -0.05) is 12.1 Å². The molecule has 2 aromatic carbocycles.